The molecular formula is C27H28BrN3O6S. The summed E-state index contributed by atoms with van der Waals surface area (Å²) in [6.45, 7) is 1.89. The predicted octanol–water partition coefficient (Wildman–Crippen LogP) is 3.58. The first-order valence-electron chi connectivity index (χ1n) is 11.9. The van der Waals surface area contributed by atoms with Crippen LogP contribution in [0.25, 0.3) is 0 Å². The van der Waals surface area contributed by atoms with E-state index in [4.69, 9.17) is 9.47 Å². The van der Waals surface area contributed by atoms with Gasteiger partial charge >= 0.3 is 0 Å². The Kier molecular flexibility index (Phi) is 8.58. The maximum absolute atomic E-state index is 13.8. The number of likely N-dealkylation sites (N-methyl/N-ethyl adjacent to an activating group) is 1. The summed E-state index contributed by atoms with van der Waals surface area (Å²) in [6, 6.07) is 19.1. The summed E-state index contributed by atoms with van der Waals surface area (Å²) in [4.78, 5) is 27.8. The van der Waals surface area contributed by atoms with Gasteiger partial charge in [-0.05, 0) is 48.9 Å². The van der Waals surface area contributed by atoms with Crippen LogP contribution in [0.15, 0.2) is 82.2 Å². The quantitative estimate of drug-likeness (QED) is 0.402. The van der Waals surface area contributed by atoms with Gasteiger partial charge in [-0.25, -0.2) is 8.42 Å². The van der Waals surface area contributed by atoms with Crippen molar-refractivity contribution in [1.29, 1.82) is 0 Å². The Morgan fingerprint density at radius 1 is 0.974 bits per heavy atom. The standard InChI is InChI=1S/C27H28BrN3O6S/c1-19(27(33)29-2)30(17-20-7-6-8-21(28)15-20)26(32)18-31(38(34,35)23-9-4-3-5-10-23)22-11-12-24-25(16-22)37-14-13-36-24/h3-12,15-16,19H,13-14,17-18H2,1-2H3,(H,29,33). The number of benzene rings is 3. The average Bonchev–Trinajstić information content (AvgIpc) is 2.93. The highest BCUT2D eigenvalue weighted by atomic mass is 79.9. The van der Waals surface area contributed by atoms with E-state index in [0.29, 0.717) is 24.7 Å². The van der Waals surface area contributed by atoms with Crippen LogP contribution in [-0.2, 0) is 26.2 Å². The monoisotopic (exact) mass is 601 g/mol. The van der Waals surface area contributed by atoms with E-state index in [2.05, 4.69) is 21.2 Å². The number of hydrogen-bond acceptors (Lipinski definition) is 6. The molecule has 1 aliphatic rings. The molecule has 0 bridgehead atoms. The predicted molar refractivity (Wildman–Crippen MR) is 147 cm³/mol. The molecule has 0 saturated heterocycles. The van der Waals surface area contributed by atoms with Crippen LogP contribution in [-0.4, -0.2) is 58.0 Å². The molecule has 0 aliphatic carbocycles. The molecular weight excluding hydrogens is 574 g/mol. The number of carbonyl (C=O) groups excluding carboxylic acids is 2. The fourth-order valence-electron chi connectivity index (χ4n) is 4.06. The number of halogens is 1. The molecule has 0 saturated carbocycles. The Morgan fingerprint density at radius 2 is 1.68 bits per heavy atom. The molecule has 38 heavy (non-hydrogen) atoms. The zero-order valence-corrected chi connectivity index (χ0v) is 23.4. The summed E-state index contributed by atoms with van der Waals surface area (Å²) in [5.41, 5.74) is 1.02. The van der Waals surface area contributed by atoms with Crippen molar-refractivity contribution in [3.8, 4) is 11.5 Å². The second-order valence-electron chi connectivity index (χ2n) is 8.59. The molecule has 3 aromatic carbocycles. The van der Waals surface area contributed by atoms with Gasteiger partial charge in [-0.3, -0.25) is 13.9 Å². The smallest absolute Gasteiger partial charge is 0.264 e. The van der Waals surface area contributed by atoms with Gasteiger partial charge in [0.2, 0.25) is 11.8 Å². The summed E-state index contributed by atoms with van der Waals surface area (Å²) >= 11 is 3.43. The maximum atomic E-state index is 13.8. The number of rotatable bonds is 9. The van der Waals surface area contributed by atoms with Gasteiger partial charge < -0.3 is 19.7 Å². The van der Waals surface area contributed by atoms with Gasteiger partial charge in [0.05, 0.1) is 10.6 Å². The molecule has 0 aromatic heterocycles. The Labute approximate surface area is 230 Å². The molecule has 1 N–H and O–H groups in total. The summed E-state index contributed by atoms with van der Waals surface area (Å²) in [7, 11) is -2.67. The Hall–Kier alpha value is -3.57. The van der Waals surface area contributed by atoms with Gasteiger partial charge in [0.1, 0.15) is 25.8 Å². The zero-order chi connectivity index (χ0) is 27.3. The third kappa shape index (κ3) is 6.11. The second-order valence-corrected chi connectivity index (χ2v) is 11.4. The fraction of sp³-hybridized carbons (Fsp3) is 0.259. The maximum Gasteiger partial charge on any atom is 0.264 e. The van der Waals surface area contributed by atoms with Gasteiger partial charge in [0, 0.05) is 24.1 Å². The first kappa shape index (κ1) is 27.5. The van der Waals surface area contributed by atoms with Crippen molar-refractivity contribution in [2.75, 3.05) is 31.1 Å². The summed E-state index contributed by atoms with van der Waals surface area (Å²) < 4.78 is 40.7. The minimum atomic E-state index is -4.16. The number of anilines is 1. The van der Waals surface area contributed by atoms with Gasteiger partial charge in [-0.1, -0.05) is 46.3 Å². The molecule has 0 radical (unpaired) electrons. The fourth-order valence-corrected chi connectivity index (χ4v) is 5.93. The van der Waals surface area contributed by atoms with Crippen molar-refractivity contribution in [2.24, 2.45) is 0 Å². The van der Waals surface area contributed by atoms with Gasteiger partial charge in [0.25, 0.3) is 10.0 Å². The van der Waals surface area contributed by atoms with E-state index in [-0.39, 0.29) is 23.0 Å². The van der Waals surface area contributed by atoms with E-state index in [1.54, 1.807) is 43.3 Å². The number of nitrogens with zero attached hydrogens (tertiary/aromatic N) is 2. The van der Waals surface area contributed by atoms with Crippen LogP contribution in [0.3, 0.4) is 0 Å². The normalized spacial score (nSPS) is 13.3. The molecule has 1 aliphatic heterocycles. The Balaban J connectivity index is 1.74. The molecule has 2 amide bonds. The summed E-state index contributed by atoms with van der Waals surface area (Å²) in [5.74, 6) is -0.0345. The van der Waals surface area contributed by atoms with Crippen LogP contribution in [0.5, 0.6) is 11.5 Å². The van der Waals surface area contributed by atoms with Crippen molar-refractivity contribution < 1.29 is 27.5 Å². The first-order chi connectivity index (χ1) is 18.2. The number of carbonyl (C=O) groups is 2. The highest BCUT2D eigenvalue weighted by Crippen LogP contribution is 2.36. The zero-order valence-electron chi connectivity index (χ0n) is 21.0. The number of sulfonamides is 1. The second kappa shape index (κ2) is 11.9. The van der Waals surface area contributed by atoms with E-state index in [9.17, 15) is 18.0 Å². The molecule has 1 unspecified atom stereocenters. The molecule has 4 rings (SSSR count). The van der Waals surface area contributed by atoms with E-state index in [1.165, 1.54) is 24.1 Å². The third-order valence-corrected chi connectivity index (χ3v) is 8.36. The van der Waals surface area contributed by atoms with Crippen LogP contribution < -0.4 is 19.1 Å². The topological polar surface area (TPSA) is 105 Å². The van der Waals surface area contributed by atoms with Crippen molar-refractivity contribution in [2.45, 2.75) is 24.4 Å². The average molecular weight is 603 g/mol. The molecule has 0 spiro atoms. The summed E-state index contributed by atoms with van der Waals surface area (Å²) in [6.07, 6.45) is 0. The number of amides is 2. The Morgan fingerprint density at radius 3 is 2.37 bits per heavy atom. The van der Waals surface area contributed by atoms with E-state index >= 15 is 0 Å². The van der Waals surface area contributed by atoms with Gasteiger partial charge in [-0.15, -0.1) is 0 Å². The largest absolute Gasteiger partial charge is 0.486 e. The van der Waals surface area contributed by atoms with Crippen LogP contribution in [0.1, 0.15) is 12.5 Å². The molecule has 9 nitrogen and oxygen atoms in total. The molecule has 200 valence electrons. The van der Waals surface area contributed by atoms with Crippen LogP contribution in [0.2, 0.25) is 0 Å². The van der Waals surface area contributed by atoms with Crippen LogP contribution in [0.4, 0.5) is 5.69 Å². The number of hydrogen-bond donors (Lipinski definition) is 1. The summed E-state index contributed by atoms with van der Waals surface area (Å²) in [5, 5.41) is 2.57. The third-order valence-electron chi connectivity index (χ3n) is 6.08. The van der Waals surface area contributed by atoms with E-state index in [1.807, 2.05) is 24.3 Å². The van der Waals surface area contributed by atoms with E-state index < -0.39 is 28.5 Å². The number of nitrogens with one attached hydrogen (secondary N) is 1. The molecule has 3 aromatic rings. The lowest BCUT2D eigenvalue weighted by Gasteiger charge is -2.32. The lowest BCUT2D eigenvalue weighted by atomic mass is 10.1. The lowest BCUT2D eigenvalue weighted by molar-refractivity contribution is -0.139. The van der Waals surface area contributed by atoms with Gasteiger partial charge in [-0.2, -0.15) is 0 Å². The molecule has 1 atom stereocenters. The minimum Gasteiger partial charge on any atom is -0.486 e. The molecule has 1 heterocycles. The minimum absolute atomic E-state index is 0.0283. The van der Waals surface area contributed by atoms with Crippen molar-refractivity contribution >= 4 is 43.5 Å². The van der Waals surface area contributed by atoms with Crippen LogP contribution >= 0.6 is 15.9 Å². The number of ether oxygens (including phenoxy) is 2. The lowest BCUT2D eigenvalue weighted by Crippen LogP contribution is -2.50. The van der Waals surface area contributed by atoms with Crippen LogP contribution in [0, 0.1) is 0 Å². The van der Waals surface area contributed by atoms with Crippen molar-refractivity contribution in [3.05, 3.63) is 82.8 Å². The van der Waals surface area contributed by atoms with Gasteiger partial charge in [0.15, 0.2) is 11.5 Å². The Bertz CT molecular complexity index is 1420. The van der Waals surface area contributed by atoms with E-state index in [0.717, 1.165) is 14.3 Å². The van der Waals surface area contributed by atoms with Crippen molar-refractivity contribution in [1.82, 2.24) is 10.2 Å². The SMILES string of the molecule is CNC(=O)C(C)N(Cc1cccc(Br)c1)C(=O)CN(c1ccc2c(c1)OCCO2)S(=O)(=O)c1ccccc1. The number of fused-ring (bicyclic) bond motifs is 1. The molecule has 0 fully saturated rings. The highest BCUT2D eigenvalue weighted by Gasteiger charge is 2.33. The highest BCUT2D eigenvalue weighted by molar-refractivity contribution is 9.10. The van der Waals surface area contributed by atoms with Crippen molar-refractivity contribution in [3.63, 3.8) is 0 Å². The first-order valence-corrected chi connectivity index (χ1v) is 14.2. The molecule has 11 heteroatoms.